The molecule has 0 atom stereocenters. The topological polar surface area (TPSA) is 48.9 Å². The first-order chi connectivity index (χ1) is 11.7. The lowest BCUT2D eigenvalue weighted by atomic mass is 10.1. The molecule has 5 nitrogen and oxygen atoms in total. The van der Waals surface area contributed by atoms with E-state index in [0.717, 1.165) is 76.0 Å². The van der Waals surface area contributed by atoms with E-state index in [-0.39, 0.29) is 29.8 Å². The summed E-state index contributed by atoms with van der Waals surface area (Å²) in [6, 6.07) is 4.95. The van der Waals surface area contributed by atoms with Crippen molar-refractivity contribution in [3.8, 4) is 0 Å². The number of rotatable bonds is 7. The van der Waals surface area contributed by atoms with Crippen molar-refractivity contribution in [2.45, 2.75) is 20.3 Å². The minimum atomic E-state index is -0.178. The Morgan fingerprint density at radius 3 is 2.72 bits per heavy atom. The fraction of sp³-hybridized carbons (Fsp3) is 0.611. The van der Waals surface area contributed by atoms with Gasteiger partial charge in [0.15, 0.2) is 5.96 Å². The van der Waals surface area contributed by atoms with Gasteiger partial charge in [-0.25, -0.2) is 4.39 Å². The SMILES string of the molecule is CCNC(=NCCN1CCOCC1)NCCc1ccc(F)cc1C.I. The highest BCUT2D eigenvalue weighted by Crippen LogP contribution is 2.10. The van der Waals surface area contributed by atoms with E-state index >= 15 is 0 Å². The molecule has 0 unspecified atom stereocenters. The molecule has 0 amide bonds. The Morgan fingerprint density at radius 2 is 2.04 bits per heavy atom. The minimum absolute atomic E-state index is 0. The molecule has 142 valence electrons. The van der Waals surface area contributed by atoms with Gasteiger partial charge in [-0.1, -0.05) is 6.07 Å². The lowest BCUT2D eigenvalue weighted by Gasteiger charge is -2.25. The molecule has 2 rings (SSSR count). The van der Waals surface area contributed by atoms with E-state index in [2.05, 4.69) is 27.4 Å². The summed E-state index contributed by atoms with van der Waals surface area (Å²) in [5, 5.41) is 6.62. The molecule has 2 N–H and O–H groups in total. The highest BCUT2D eigenvalue weighted by molar-refractivity contribution is 14.0. The Bertz CT molecular complexity index is 536. The Kier molecular flexibility index (Phi) is 11.0. The molecule has 0 bridgehead atoms. The standard InChI is InChI=1S/C18H29FN4O.HI/c1-3-20-18(22-8-9-23-10-12-24-13-11-23)21-7-6-16-4-5-17(19)14-15(16)2;/h4-5,14H,3,6-13H2,1-2H3,(H2,20,21,22);1H. The summed E-state index contributed by atoms with van der Waals surface area (Å²) in [5.74, 6) is 0.660. The molecule has 1 heterocycles. The van der Waals surface area contributed by atoms with Crippen molar-refractivity contribution in [2.75, 3.05) is 52.5 Å². The Balaban J connectivity index is 0.00000312. The second-order valence-electron chi connectivity index (χ2n) is 5.96. The van der Waals surface area contributed by atoms with Crippen LogP contribution in [0.25, 0.3) is 0 Å². The Labute approximate surface area is 167 Å². The van der Waals surface area contributed by atoms with Crippen LogP contribution >= 0.6 is 24.0 Å². The molecule has 7 heteroatoms. The van der Waals surface area contributed by atoms with Crippen LogP contribution in [0.2, 0.25) is 0 Å². The molecule has 1 aliphatic heterocycles. The van der Waals surface area contributed by atoms with Crippen LogP contribution in [0.1, 0.15) is 18.1 Å². The normalized spacial score (nSPS) is 15.6. The van der Waals surface area contributed by atoms with Gasteiger partial charge in [-0.15, -0.1) is 24.0 Å². The number of hydrogen-bond donors (Lipinski definition) is 2. The van der Waals surface area contributed by atoms with E-state index in [9.17, 15) is 4.39 Å². The molecule has 0 aromatic heterocycles. The zero-order valence-corrected chi connectivity index (χ0v) is 17.5. The van der Waals surface area contributed by atoms with Crippen LogP contribution in [-0.2, 0) is 11.2 Å². The van der Waals surface area contributed by atoms with Gasteiger partial charge in [0.2, 0.25) is 0 Å². The predicted molar refractivity (Wildman–Crippen MR) is 111 cm³/mol. The lowest BCUT2D eigenvalue weighted by Crippen LogP contribution is -2.40. The third-order valence-electron chi connectivity index (χ3n) is 4.13. The van der Waals surface area contributed by atoms with Gasteiger partial charge in [-0.2, -0.15) is 0 Å². The highest BCUT2D eigenvalue weighted by Gasteiger charge is 2.09. The van der Waals surface area contributed by atoms with Gasteiger partial charge in [-0.3, -0.25) is 9.89 Å². The first-order valence-electron chi connectivity index (χ1n) is 8.76. The van der Waals surface area contributed by atoms with Crippen molar-refractivity contribution in [1.29, 1.82) is 0 Å². The molecule has 1 aliphatic rings. The van der Waals surface area contributed by atoms with Crippen LogP contribution in [-0.4, -0.2) is 63.3 Å². The highest BCUT2D eigenvalue weighted by atomic mass is 127. The lowest BCUT2D eigenvalue weighted by molar-refractivity contribution is 0.0394. The van der Waals surface area contributed by atoms with Gasteiger partial charge in [0.05, 0.1) is 19.8 Å². The molecule has 25 heavy (non-hydrogen) atoms. The maximum atomic E-state index is 13.1. The molecule has 0 spiro atoms. The van der Waals surface area contributed by atoms with Crippen molar-refractivity contribution >= 4 is 29.9 Å². The van der Waals surface area contributed by atoms with Gasteiger partial charge in [0, 0.05) is 32.7 Å². The number of nitrogens with one attached hydrogen (secondary N) is 2. The second-order valence-corrected chi connectivity index (χ2v) is 5.96. The summed E-state index contributed by atoms with van der Waals surface area (Å²) in [5.41, 5.74) is 2.15. The zero-order valence-electron chi connectivity index (χ0n) is 15.2. The summed E-state index contributed by atoms with van der Waals surface area (Å²) in [6.45, 7) is 10.9. The van der Waals surface area contributed by atoms with E-state index in [0.29, 0.717) is 0 Å². The summed E-state index contributed by atoms with van der Waals surface area (Å²) < 4.78 is 18.5. The van der Waals surface area contributed by atoms with E-state index in [1.807, 2.05) is 13.0 Å². The van der Waals surface area contributed by atoms with Crippen molar-refractivity contribution in [3.63, 3.8) is 0 Å². The third kappa shape index (κ3) is 8.33. The third-order valence-corrected chi connectivity index (χ3v) is 4.13. The van der Waals surface area contributed by atoms with Crippen molar-refractivity contribution in [2.24, 2.45) is 4.99 Å². The van der Waals surface area contributed by atoms with Gasteiger partial charge < -0.3 is 15.4 Å². The van der Waals surface area contributed by atoms with Crippen LogP contribution in [0.4, 0.5) is 4.39 Å². The zero-order chi connectivity index (χ0) is 17.2. The number of benzene rings is 1. The monoisotopic (exact) mass is 464 g/mol. The molecular formula is C18H30FIN4O. The van der Waals surface area contributed by atoms with Crippen LogP contribution in [0, 0.1) is 12.7 Å². The number of hydrogen-bond acceptors (Lipinski definition) is 3. The predicted octanol–water partition coefficient (Wildman–Crippen LogP) is 2.18. The fourth-order valence-electron chi connectivity index (χ4n) is 2.73. The smallest absolute Gasteiger partial charge is 0.191 e. The largest absolute Gasteiger partial charge is 0.379 e. The van der Waals surface area contributed by atoms with E-state index < -0.39 is 0 Å². The van der Waals surface area contributed by atoms with Crippen LogP contribution < -0.4 is 10.6 Å². The van der Waals surface area contributed by atoms with Crippen LogP contribution in [0.15, 0.2) is 23.2 Å². The molecule has 0 saturated carbocycles. The van der Waals surface area contributed by atoms with E-state index in [1.165, 1.54) is 6.07 Å². The maximum Gasteiger partial charge on any atom is 0.191 e. The van der Waals surface area contributed by atoms with Gasteiger partial charge in [0.1, 0.15) is 5.82 Å². The molecule has 1 aromatic rings. The van der Waals surface area contributed by atoms with Crippen LogP contribution in [0.3, 0.4) is 0 Å². The quantitative estimate of drug-likeness (QED) is 0.369. The van der Waals surface area contributed by atoms with Crippen LogP contribution in [0.5, 0.6) is 0 Å². The molecule has 0 radical (unpaired) electrons. The van der Waals surface area contributed by atoms with Gasteiger partial charge >= 0.3 is 0 Å². The summed E-state index contributed by atoms with van der Waals surface area (Å²) in [7, 11) is 0. The van der Waals surface area contributed by atoms with E-state index in [4.69, 9.17) is 4.74 Å². The molecule has 1 aromatic carbocycles. The number of ether oxygens (including phenoxy) is 1. The average molecular weight is 464 g/mol. The first-order valence-corrected chi connectivity index (χ1v) is 8.76. The molecular weight excluding hydrogens is 434 g/mol. The first kappa shape index (κ1) is 22.1. The van der Waals surface area contributed by atoms with Crippen molar-refractivity contribution in [1.82, 2.24) is 15.5 Å². The molecule has 1 fully saturated rings. The molecule has 1 saturated heterocycles. The van der Waals surface area contributed by atoms with Crippen molar-refractivity contribution in [3.05, 3.63) is 35.1 Å². The minimum Gasteiger partial charge on any atom is -0.379 e. The van der Waals surface area contributed by atoms with Crippen molar-refractivity contribution < 1.29 is 9.13 Å². The average Bonchev–Trinajstić information content (AvgIpc) is 2.58. The van der Waals surface area contributed by atoms with E-state index in [1.54, 1.807) is 6.07 Å². The van der Waals surface area contributed by atoms with Gasteiger partial charge in [0.25, 0.3) is 0 Å². The number of halogens is 2. The maximum absolute atomic E-state index is 13.1. The second kappa shape index (κ2) is 12.4. The number of guanidine groups is 1. The number of aryl methyl sites for hydroxylation is 1. The van der Waals surface area contributed by atoms with Gasteiger partial charge in [-0.05, 0) is 43.5 Å². The summed E-state index contributed by atoms with van der Waals surface area (Å²) in [4.78, 5) is 7.00. The molecule has 0 aliphatic carbocycles. The Morgan fingerprint density at radius 1 is 1.28 bits per heavy atom. The number of nitrogens with zero attached hydrogens (tertiary/aromatic N) is 2. The Hall–Kier alpha value is -0.930. The summed E-state index contributed by atoms with van der Waals surface area (Å²) >= 11 is 0. The fourth-order valence-corrected chi connectivity index (χ4v) is 2.73. The number of aliphatic imine (C=N–C) groups is 1. The summed E-state index contributed by atoms with van der Waals surface area (Å²) in [6.07, 6.45) is 0.847. The number of morpholine rings is 1.